The van der Waals surface area contributed by atoms with E-state index in [1.54, 1.807) is 17.0 Å². The number of hydrogen-bond donors (Lipinski definition) is 3. The number of anilines is 3. The van der Waals surface area contributed by atoms with Crippen molar-refractivity contribution in [1.29, 1.82) is 0 Å². The van der Waals surface area contributed by atoms with E-state index in [-0.39, 0.29) is 34.2 Å². The highest BCUT2D eigenvalue weighted by Gasteiger charge is 2.24. The van der Waals surface area contributed by atoms with Gasteiger partial charge in [0, 0.05) is 99.2 Å². The average molecular weight is 1590 g/mol. The maximum absolute atomic E-state index is 13.2. The van der Waals surface area contributed by atoms with Crippen LogP contribution in [0.4, 0.5) is 17.1 Å². The number of benzene rings is 9. The van der Waals surface area contributed by atoms with Gasteiger partial charge < -0.3 is 31.1 Å². The fourth-order valence-corrected chi connectivity index (χ4v) is 12.5. The van der Waals surface area contributed by atoms with Gasteiger partial charge in [0.2, 0.25) is 22.4 Å². The molecule has 5 amide bonds. The number of fused-ring (bicyclic) bond motifs is 6. The van der Waals surface area contributed by atoms with Gasteiger partial charge in [-0.05, 0) is 169 Å². The molecule has 9 aromatic carbocycles. The minimum Gasteiger partial charge on any atom is -0.352 e. The highest BCUT2D eigenvalue weighted by atomic mass is 79.9. The molecule has 3 aliphatic heterocycles. The summed E-state index contributed by atoms with van der Waals surface area (Å²) in [5, 5.41) is 7.40. The van der Waals surface area contributed by atoms with Gasteiger partial charge in [-0.3, -0.25) is 28.8 Å². The van der Waals surface area contributed by atoms with Gasteiger partial charge in [-0.1, -0.05) is 231 Å². The highest BCUT2D eigenvalue weighted by Crippen LogP contribution is 2.30. The number of nitrogens with two attached hydrogens (primary N) is 1. The first-order valence-corrected chi connectivity index (χ1v) is 38.9. The molecule has 0 bridgehead atoms. The lowest BCUT2D eigenvalue weighted by Crippen LogP contribution is -2.32. The Hall–Kier alpha value is -8.88. The lowest BCUT2D eigenvalue weighted by atomic mass is 10.0. The molecule has 12 rings (SSSR count). The zero-order chi connectivity index (χ0) is 71.0. The number of nitrogens with one attached hydrogen (secondary N) is 2. The van der Waals surface area contributed by atoms with E-state index in [1.807, 2.05) is 216 Å². The molecule has 3 heterocycles. The number of nitrogens with zero attached hydrogens (tertiary/aromatic N) is 3. The van der Waals surface area contributed by atoms with Gasteiger partial charge in [-0.2, -0.15) is 0 Å². The Balaban J connectivity index is 0.000000178. The summed E-state index contributed by atoms with van der Waals surface area (Å²) in [5.41, 5.74) is 22.0. The smallest absolute Gasteiger partial charge is 0.251 e. The Morgan fingerprint density at radius 2 is 0.700 bits per heavy atom. The first kappa shape index (κ1) is 76.9. The molecule has 4 N–H and O–H groups in total. The molecular weight excluding hydrogens is 1520 g/mol. The Morgan fingerprint density at radius 3 is 1.02 bits per heavy atom. The van der Waals surface area contributed by atoms with E-state index >= 15 is 0 Å². The van der Waals surface area contributed by atoms with Crippen LogP contribution in [0.1, 0.15) is 136 Å². The number of amides is 5. The van der Waals surface area contributed by atoms with Crippen LogP contribution < -0.4 is 31.1 Å². The van der Waals surface area contributed by atoms with E-state index in [2.05, 4.69) is 114 Å². The van der Waals surface area contributed by atoms with Crippen molar-refractivity contribution < 1.29 is 28.8 Å². The second-order valence-electron chi connectivity index (χ2n) is 22.7. The molecule has 0 atom stereocenters. The number of hydrogen-bond acceptors (Lipinski definition) is 9. The lowest BCUT2D eigenvalue weighted by molar-refractivity contribution is -0.119. The van der Waals surface area contributed by atoms with Crippen LogP contribution in [-0.2, 0) is 74.5 Å². The van der Waals surface area contributed by atoms with E-state index in [9.17, 15) is 28.8 Å². The van der Waals surface area contributed by atoms with E-state index in [4.69, 9.17) is 17.5 Å². The van der Waals surface area contributed by atoms with Crippen molar-refractivity contribution in [3.63, 3.8) is 0 Å². The Labute approximate surface area is 624 Å². The average Bonchev–Trinajstić information content (AvgIpc) is 0.818. The Kier molecular flexibility index (Phi) is 31.5. The van der Waals surface area contributed by atoms with Crippen LogP contribution in [-0.4, -0.2) is 53.9 Å². The molecule has 504 valence electrons. The molecule has 3 aliphatic rings. The van der Waals surface area contributed by atoms with Crippen LogP contribution >= 0.6 is 63.2 Å². The fourth-order valence-electron chi connectivity index (χ4n) is 10.7. The minimum atomic E-state index is -0.134. The van der Waals surface area contributed by atoms with Crippen LogP contribution in [0.2, 0.25) is 0 Å². The maximum atomic E-state index is 13.2. The summed E-state index contributed by atoms with van der Waals surface area (Å²) in [6.45, 7) is 2.90. The molecule has 12 nitrogen and oxygen atoms in total. The van der Waals surface area contributed by atoms with Crippen molar-refractivity contribution in [2.24, 2.45) is 5.73 Å². The summed E-state index contributed by atoms with van der Waals surface area (Å²) in [6.07, 6.45) is 3.76. The van der Waals surface area contributed by atoms with Crippen LogP contribution in [0.15, 0.2) is 218 Å². The van der Waals surface area contributed by atoms with Crippen molar-refractivity contribution in [2.75, 3.05) is 34.3 Å². The fraction of sp³-hybridized carbons (Fsp3) is 0.185. The van der Waals surface area contributed by atoms with Crippen LogP contribution in [0.25, 0.3) is 0 Å². The molecule has 0 saturated carbocycles. The summed E-state index contributed by atoms with van der Waals surface area (Å²) in [6, 6.07) is 69.5. The van der Waals surface area contributed by atoms with Gasteiger partial charge in [0.05, 0.1) is 36.7 Å². The summed E-state index contributed by atoms with van der Waals surface area (Å²) < 4.78 is -0.0707. The quantitative estimate of drug-likeness (QED) is 0.0250. The van der Waals surface area contributed by atoms with Gasteiger partial charge in [0.25, 0.3) is 11.8 Å². The summed E-state index contributed by atoms with van der Waals surface area (Å²) >= 11 is 18.5. The molecule has 0 aliphatic carbocycles. The normalized spacial score (nSPS) is 11.5. The van der Waals surface area contributed by atoms with Gasteiger partial charge in [0.1, 0.15) is 0 Å². The van der Waals surface area contributed by atoms with Gasteiger partial charge >= 0.3 is 0 Å². The van der Waals surface area contributed by atoms with E-state index < -0.39 is 0 Å². The number of halogens is 3. The van der Waals surface area contributed by atoms with Gasteiger partial charge in [-0.25, -0.2) is 0 Å². The number of alkyl halides is 2. The Bertz CT molecular complexity index is 4570. The lowest BCUT2D eigenvalue weighted by Gasteiger charge is -2.26. The second-order valence-corrected chi connectivity index (χ2v) is 25.9. The zero-order valence-electron chi connectivity index (χ0n) is 54.7. The van der Waals surface area contributed by atoms with Crippen molar-refractivity contribution >= 4 is 138 Å². The first-order chi connectivity index (χ1) is 48.8. The number of rotatable bonds is 18. The van der Waals surface area contributed by atoms with Crippen molar-refractivity contribution in [3.8, 4) is 35.5 Å². The topological polar surface area (TPSA) is 162 Å². The van der Waals surface area contributed by atoms with Crippen LogP contribution in [0, 0.1) is 35.5 Å². The third-order valence-corrected chi connectivity index (χ3v) is 18.6. The molecule has 0 fully saturated rings. The van der Waals surface area contributed by atoms with Crippen molar-refractivity contribution in [1.82, 2.24) is 10.6 Å². The van der Waals surface area contributed by atoms with Crippen LogP contribution in [0.3, 0.4) is 0 Å². The monoisotopic (exact) mass is 1590 g/mol. The summed E-state index contributed by atoms with van der Waals surface area (Å²) in [7, 11) is 3.44. The largest absolute Gasteiger partial charge is 0.352 e. The number of carbonyl (C=O) groups is 6. The van der Waals surface area contributed by atoms with E-state index in [0.717, 1.165) is 102 Å². The number of para-hydroxylation sites is 3. The third-order valence-electron chi connectivity index (χ3n) is 16.0. The highest BCUT2D eigenvalue weighted by molar-refractivity contribution is 9.18. The van der Waals surface area contributed by atoms with E-state index in [0.29, 0.717) is 94.5 Å². The predicted octanol–water partition coefficient (Wildman–Crippen LogP) is 16.5. The van der Waals surface area contributed by atoms with Crippen molar-refractivity contribution in [3.05, 3.63) is 302 Å². The number of carbonyl (C=O) groups excluding carboxylic acids is 6. The molecule has 0 saturated heterocycles. The predicted molar refractivity (Wildman–Crippen MR) is 423 cm³/mol. The SMILES string of the molecule is NCCCC(=O)N1Cc2ccccc2C#Cc2ccccc21.O=C(Br)c1ccc(CBr)cc1.O=C(NCCCC(=O)N1Cc2ccccc2C#Cc2ccccc21)c1ccc(CBr)cc1.O=C(NCCCC(=O)N1Cc2ccccc2C#Cc2ccccc21)c1ccc(CP=S)cc1.P=S. The van der Waals surface area contributed by atoms with Gasteiger partial charge in [0.15, 0.2) is 0 Å². The molecule has 100 heavy (non-hydrogen) atoms. The molecule has 9 aromatic rings. The standard InChI is InChI=1S/C27H23BrN2O2.C27H23N2O2PS.C19H18N2O.C8H6Br2O.HPS/c28-18-20-11-13-23(14-12-20)27(32)29-17-5-10-26(31)30-19-24-8-2-1-6-21(24)15-16-22-7-3-4-9-25(22)30;30-26(10-5-17-28-27(31)23-13-11-20(12-14-23)19-32-33)29-18-24-8-2-1-6-21(24)15-16-22-7-3-4-9-25(22)29;20-13-5-10-19(22)21-14-17-8-2-1-6-15(17)11-12-16-7-3-4-9-18(16)21;9-5-6-1-3-7(4-2-6)8(10)11;1-2/h1-4,6-9,11-14H,5,10,17-19H2,(H,29,32);1-4,6-9,11-14H,5,10,17-19H2,(H,28,31);1-4,6-9H,5,10,13-14,20H2;1-4H,5H2;1H. The van der Waals surface area contributed by atoms with E-state index in [1.165, 1.54) is 5.56 Å². The van der Waals surface area contributed by atoms with Gasteiger partial charge in [-0.15, -0.1) is 0 Å². The molecular formula is C81H71Br3N6O6P2S2. The first-order valence-electron chi connectivity index (χ1n) is 32.2. The van der Waals surface area contributed by atoms with Crippen LogP contribution in [0.5, 0.6) is 0 Å². The minimum absolute atomic E-state index is 0.0163. The Morgan fingerprint density at radius 1 is 0.410 bits per heavy atom. The maximum Gasteiger partial charge on any atom is 0.251 e. The summed E-state index contributed by atoms with van der Waals surface area (Å²) in [5.74, 6) is 19.2. The molecule has 19 heteroatoms. The third kappa shape index (κ3) is 22.6. The molecule has 0 aromatic heterocycles. The van der Waals surface area contributed by atoms with Crippen molar-refractivity contribution in [2.45, 2.75) is 75.0 Å². The second kappa shape index (κ2) is 41.0. The molecule has 0 radical (unpaired) electrons. The molecule has 0 unspecified atom stereocenters. The summed E-state index contributed by atoms with van der Waals surface area (Å²) in [4.78, 5) is 79.9. The zero-order valence-corrected chi connectivity index (χ0v) is 62.9. The molecule has 0 spiro atoms.